The van der Waals surface area contributed by atoms with E-state index in [1.807, 2.05) is 38.1 Å². The smallest absolute Gasteiger partial charge is 0.327 e. The molecule has 1 N–H and O–H groups in total. The van der Waals surface area contributed by atoms with Crippen molar-refractivity contribution >= 4 is 5.97 Å². The van der Waals surface area contributed by atoms with E-state index in [0.717, 1.165) is 11.3 Å². The van der Waals surface area contributed by atoms with Crippen molar-refractivity contribution in [3.8, 4) is 5.75 Å². The molecule has 100 valence electrons. The standard InChI is InChI=1S/C14H21NO3/c1-4-15-13(14(16)18-6-3)11-9-7-8-10-12(11)17-5-2/h7-10,13,15H,4-6H2,1-3H3. The molecule has 0 aliphatic heterocycles. The summed E-state index contributed by atoms with van der Waals surface area (Å²) in [5.74, 6) is 0.450. The highest BCUT2D eigenvalue weighted by Crippen LogP contribution is 2.26. The van der Waals surface area contributed by atoms with Crippen LogP contribution in [0.15, 0.2) is 24.3 Å². The topological polar surface area (TPSA) is 47.6 Å². The maximum atomic E-state index is 11.9. The van der Waals surface area contributed by atoms with E-state index in [0.29, 0.717) is 19.8 Å². The SMILES string of the molecule is CCNC(C(=O)OCC)c1ccccc1OCC. The summed E-state index contributed by atoms with van der Waals surface area (Å²) in [5, 5.41) is 3.13. The Bertz CT molecular complexity index is 379. The predicted octanol–water partition coefficient (Wildman–Crippen LogP) is 2.30. The highest BCUT2D eigenvalue weighted by Gasteiger charge is 2.23. The van der Waals surface area contributed by atoms with E-state index < -0.39 is 6.04 Å². The summed E-state index contributed by atoms with van der Waals surface area (Å²) in [6.45, 7) is 7.30. The number of benzene rings is 1. The van der Waals surface area contributed by atoms with Gasteiger partial charge in [0.05, 0.1) is 13.2 Å². The molecule has 4 nitrogen and oxygen atoms in total. The van der Waals surface area contributed by atoms with Gasteiger partial charge in [0, 0.05) is 5.56 Å². The summed E-state index contributed by atoms with van der Waals surface area (Å²) in [6, 6.07) is 7.06. The van der Waals surface area contributed by atoms with Crippen molar-refractivity contribution in [1.29, 1.82) is 0 Å². The quantitative estimate of drug-likeness (QED) is 0.755. The van der Waals surface area contributed by atoms with Crippen LogP contribution in [0.4, 0.5) is 0 Å². The van der Waals surface area contributed by atoms with Crippen molar-refractivity contribution in [1.82, 2.24) is 5.32 Å². The summed E-state index contributed by atoms with van der Waals surface area (Å²) in [5.41, 5.74) is 0.819. The second-order valence-electron chi connectivity index (χ2n) is 3.71. The third kappa shape index (κ3) is 3.74. The minimum absolute atomic E-state index is 0.272. The van der Waals surface area contributed by atoms with E-state index in [2.05, 4.69) is 5.32 Å². The Morgan fingerprint density at radius 3 is 2.56 bits per heavy atom. The monoisotopic (exact) mass is 251 g/mol. The van der Waals surface area contributed by atoms with Gasteiger partial charge in [0.1, 0.15) is 11.8 Å². The largest absolute Gasteiger partial charge is 0.494 e. The Labute approximate surface area is 108 Å². The fraction of sp³-hybridized carbons (Fsp3) is 0.500. The first-order chi connectivity index (χ1) is 8.74. The molecule has 0 spiro atoms. The highest BCUT2D eigenvalue weighted by atomic mass is 16.5. The van der Waals surface area contributed by atoms with Gasteiger partial charge in [-0.15, -0.1) is 0 Å². The number of nitrogens with one attached hydrogen (secondary N) is 1. The molecule has 0 bridgehead atoms. The first kappa shape index (κ1) is 14.5. The van der Waals surface area contributed by atoms with Crippen LogP contribution in [0.5, 0.6) is 5.75 Å². The molecular formula is C14H21NO3. The summed E-state index contributed by atoms with van der Waals surface area (Å²) in [7, 11) is 0. The second kappa shape index (κ2) is 7.71. The molecule has 0 heterocycles. The van der Waals surface area contributed by atoms with Crippen molar-refractivity contribution in [3.05, 3.63) is 29.8 Å². The molecule has 4 heteroatoms. The van der Waals surface area contributed by atoms with E-state index in [9.17, 15) is 4.79 Å². The molecule has 18 heavy (non-hydrogen) atoms. The van der Waals surface area contributed by atoms with Crippen LogP contribution in [0.25, 0.3) is 0 Å². The number of rotatable bonds is 7. The third-order valence-electron chi connectivity index (χ3n) is 2.46. The fourth-order valence-corrected chi connectivity index (χ4v) is 1.76. The van der Waals surface area contributed by atoms with Crippen LogP contribution in [-0.4, -0.2) is 25.7 Å². The fourth-order valence-electron chi connectivity index (χ4n) is 1.76. The van der Waals surface area contributed by atoms with Crippen molar-refractivity contribution in [2.24, 2.45) is 0 Å². The average Bonchev–Trinajstić information content (AvgIpc) is 2.37. The van der Waals surface area contributed by atoms with Gasteiger partial charge in [-0.3, -0.25) is 0 Å². The molecule has 0 radical (unpaired) electrons. The average molecular weight is 251 g/mol. The number of carbonyl (C=O) groups excluding carboxylic acids is 1. The lowest BCUT2D eigenvalue weighted by molar-refractivity contribution is -0.145. The van der Waals surface area contributed by atoms with E-state index in [-0.39, 0.29) is 5.97 Å². The lowest BCUT2D eigenvalue weighted by Gasteiger charge is -2.19. The Hall–Kier alpha value is -1.55. The van der Waals surface area contributed by atoms with Gasteiger partial charge < -0.3 is 14.8 Å². The molecule has 1 rings (SSSR count). The predicted molar refractivity (Wildman–Crippen MR) is 70.7 cm³/mol. The van der Waals surface area contributed by atoms with Crippen molar-refractivity contribution in [2.45, 2.75) is 26.8 Å². The van der Waals surface area contributed by atoms with Gasteiger partial charge in [-0.2, -0.15) is 0 Å². The van der Waals surface area contributed by atoms with Crippen LogP contribution in [0.3, 0.4) is 0 Å². The molecule has 1 atom stereocenters. The van der Waals surface area contributed by atoms with Gasteiger partial charge in [-0.05, 0) is 26.5 Å². The van der Waals surface area contributed by atoms with E-state index in [1.165, 1.54) is 0 Å². The number of carbonyl (C=O) groups is 1. The second-order valence-corrected chi connectivity index (χ2v) is 3.71. The number of hydrogen-bond donors (Lipinski definition) is 1. The van der Waals surface area contributed by atoms with Gasteiger partial charge in [0.25, 0.3) is 0 Å². The zero-order valence-electron chi connectivity index (χ0n) is 11.2. The lowest BCUT2D eigenvalue weighted by Crippen LogP contribution is -2.30. The summed E-state index contributed by atoms with van der Waals surface area (Å²) in [4.78, 5) is 11.9. The number of likely N-dealkylation sites (N-methyl/N-ethyl adjacent to an activating group) is 1. The Morgan fingerprint density at radius 1 is 1.22 bits per heavy atom. The first-order valence-electron chi connectivity index (χ1n) is 6.36. The highest BCUT2D eigenvalue weighted by molar-refractivity contribution is 5.78. The molecule has 0 amide bonds. The maximum absolute atomic E-state index is 11.9. The van der Waals surface area contributed by atoms with Crippen LogP contribution in [0.2, 0.25) is 0 Å². The van der Waals surface area contributed by atoms with Crippen LogP contribution in [0.1, 0.15) is 32.4 Å². The lowest BCUT2D eigenvalue weighted by atomic mass is 10.1. The third-order valence-corrected chi connectivity index (χ3v) is 2.46. The number of esters is 1. The van der Waals surface area contributed by atoms with E-state index in [1.54, 1.807) is 6.92 Å². The van der Waals surface area contributed by atoms with Crippen LogP contribution in [-0.2, 0) is 9.53 Å². The molecule has 0 saturated carbocycles. The van der Waals surface area contributed by atoms with E-state index >= 15 is 0 Å². The maximum Gasteiger partial charge on any atom is 0.327 e. The van der Waals surface area contributed by atoms with Crippen LogP contribution in [0, 0.1) is 0 Å². The molecule has 0 aromatic heterocycles. The minimum atomic E-state index is -0.474. The number of ether oxygens (including phenoxy) is 2. The Balaban J connectivity index is 3.00. The molecular weight excluding hydrogens is 230 g/mol. The molecule has 0 aliphatic carbocycles. The number of hydrogen-bond acceptors (Lipinski definition) is 4. The van der Waals surface area contributed by atoms with Gasteiger partial charge >= 0.3 is 5.97 Å². The van der Waals surface area contributed by atoms with Gasteiger partial charge in [-0.25, -0.2) is 4.79 Å². The molecule has 0 fully saturated rings. The van der Waals surface area contributed by atoms with Gasteiger partial charge in [0.2, 0.25) is 0 Å². The minimum Gasteiger partial charge on any atom is -0.494 e. The van der Waals surface area contributed by atoms with Crippen molar-refractivity contribution in [2.75, 3.05) is 19.8 Å². The molecule has 1 unspecified atom stereocenters. The summed E-state index contributed by atoms with van der Waals surface area (Å²) < 4.78 is 10.6. The van der Waals surface area contributed by atoms with Gasteiger partial charge in [-0.1, -0.05) is 25.1 Å². The zero-order chi connectivity index (χ0) is 13.4. The molecule has 0 aliphatic rings. The summed E-state index contributed by atoms with van der Waals surface area (Å²) in [6.07, 6.45) is 0. The molecule has 0 saturated heterocycles. The Morgan fingerprint density at radius 2 is 1.94 bits per heavy atom. The Kier molecular flexibility index (Phi) is 6.22. The molecule has 1 aromatic rings. The first-order valence-corrected chi connectivity index (χ1v) is 6.36. The van der Waals surface area contributed by atoms with Crippen LogP contribution >= 0.6 is 0 Å². The van der Waals surface area contributed by atoms with Crippen LogP contribution < -0.4 is 10.1 Å². The van der Waals surface area contributed by atoms with Crippen molar-refractivity contribution < 1.29 is 14.3 Å². The van der Waals surface area contributed by atoms with E-state index in [4.69, 9.17) is 9.47 Å². The normalized spacial score (nSPS) is 11.9. The number of para-hydroxylation sites is 1. The summed E-state index contributed by atoms with van der Waals surface area (Å²) >= 11 is 0. The van der Waals surface area contributed by atoms with Gasteiger partial charge in [0.15, 0.2) is 0 Å². The molecule has 1 aromatic carbocycles. The van der Waals surface area contributed by atoms with Crippen molar-refractivity contribution in [3.63, 3.8) is 0 Å². The zero-order valence-corrected chi connectivity index (χ0v) is 11.2.